The second-order valence-electron chi connectivity index (χ2n) is 4.76. The van der Waals surface area contributed by atoms with Crippen molar-refractivity contribution in [3.8, 4) is 0 Å². The zero-order valence-corrected chi connectivity index (χ0v) is 12.8. The van der Waals surface area contributed by atoms with Crippen LogP contribution in [0.5, 0.6) is 0 Å². The number of hydrogen-bond donors (Lipinski definition) is 1. The van der Waals surface area contributed by atoms with E-state index >= 15 is 0 Å². The summed E-state index contributed by atoms with van der Waals surface area (Å²) in [6.45, 7) is 6.00. The summed E-state index contributed by atoms with van der Waals surface area (Å²) in [7, 11) is 0. The smallest absolute Gasteiger partial charge is 0.256 e. The van der Waals surface area contributed by atoms with Gasteiger partial charge in [0.15, 0.2) is 0 Å². The van der Waals surface area contributed by atoms with E-state index in [0.717, 1.165) is 21.3 Å². The number of rotatable bonds is 2. The highest BCUT2D eigenvalue weighted by Gasteiger charge is 2.11. The molecule has 1 amide bonds. The lowest BCUT2D eigenvalue weighted by Gasteiger charge is -2.10. The number of anilines is 1. The fourth-order valence-electron chi connectivity index (χ4n) is 1.96. The first-order valence-corrected chi connectivity index (χ1v) is 6.91. The summed E-state index contributed by atoms with van der Waals surface area (Å²) >= 11 is 3.41. The van der Waals surface area contributed by atoms with Crippen LogP contribution < -0.4 is 5.32 Å². The summed E-state index contributed by atoms with van der Waals surface area (Å²) in [5.41, 5.74) is 4.82. The first kappa shape index (κ1) is 13.8. The highest BCUT2D eigenvalue weighted by molar-refractivity contribution is 9.10. The lowest BCUT2D eigenvalue weighted by atomic mass is 10.1. The maximum absolute atomic E-state index is 12.3. The van der Waals surface area contributed by atoms with Crippen molar-refractivity contribution in [3.63, 3.8) is 0 Å². The Hall–Kier alpha value is -1.61. The van der Waals surface area contributed by atoms with E-state index in [0.29, 0.717) is 5.56 Å². The third-order valence-electron chi connectivity index (χ3n) is 3.00. The van der Waals surface area contributed by atoms with Crippen LogP contribution in [0, 0.1) is 20.8 Å². The summed E-state index contributed by atoms with van der Waals surface area (Å²) in [5, 5.41) is 2.95. The van der Waals surface area contributed by atoms with Gasteiger partial charge in [-0.1, -0.05) is 29.3 Å². The van der Waals surface area contributed by atoms with E-state index in [9.17, 15) is 4.79 Å². The molecule has 0 spiro atoms. The Kier molecular flexibility index (Phi) is 4.05. The van der Waals surface area contributed by atoms with Crippen LogP contribution in [-0.4, -0.2) is 5.91 Å². The molecule has 2 nitrogen and oxygen atoms in total. The molecule has 0 saturated heterocycles. The first-order valence-electron chi connectivity index (χ1n) is 6.12. The monoisotopic (exact) mass is 317 g/mol. The van der Waals surface area contributed by atoms with Gasteiger partial charge in [0.2, 0.25) is 0 Å². The Balaban J connectivity index is 2.28. The van der Waals surface area contributed by atoms with Gasteiger partial charge in [0, 0.05) is 10.2 Å². The molecule has 98 valence electrons. The SMILES string of the molecule is Cc1ccc(NC(=O)c2cc(C)ccc2Br)c(C)c1. The van der Waals surface area contributed by atoms with Crippen molar-refractivity contribution in [2.75, 3.05) is 5.32 Å². The van der Waals surface area contributed by atoms with E-state index in [1.807, 2.05) is 51.1 Å². The van der Waals surface area contributed by atoms with E-state index in [2.05, 4.69) is 27.3 Å². The van der Waals surface area contributed by atoms with Gasteiger partial charge in [-0.2, -0.15) is 0 Å². The van der Waals surface area contributed by atoms with Crippen LogP contribution in [0.15, 0.2) is 40.9 Å². The minimum Gasteiger partial charge on any atom is -0.322 e. The van der Waals surface area contributed by atoms with Crippen molar-refractivity contribution >= 4 is 27.5 Å². The predicted octanol–water partition coefficient (Wildman–Crippen LogP) is 4.63. The quantitative estimate of drug-likeness (QED) is 0.859. The molecule has 0 bridgehead atoms. The van der Waals surface area contributed by atoms with E-state index in [1.54, 1.807) is 0 Å². The molecule has 0 unspecified atom stereocenters. The lowest BCUT2D eigenvalue weighted by molar-refractivity contribution is 0.102. The Morgan fingerprint density at radius 3 is 2.32 bits per heavy atom. The van der Waals surface area contributed by atoms with Crippen LogP contribution in [0.4, 0.5) is 5.69 Å². The van der Waals surface area contributed by atoms with Crippen LogP contribution in [-0.2, 0) is 0 Å². The third kappa shape index (κ3) is 3.24. The number of halogens is 1. The molecule has 19 heavy (non-hydrogen) atoms. The van der Waals surface area contributed by atoms with Gasteiger partial charge in [0.1, 0.15) is 0 Å². The standard InChI is InChI=1S/C16H16BrNO/c1-10-5-7-15(12(3)8-10)18-16(19)13-9-11(2)4-6-14(13)17/h4-9H,1-3H3,(H,18,19). The molecule has 0 aromatic heterocycles. The average molecular weight is 318 g/mol. The molecular formula is C16H16BrNO. The Morgan fingerprint density at radius 2 is 1.63 bits per heavy atom. The number of hydrogen-bond acceptors (Lipinski definition) is 1. The molecule has 0 aliphatic heterocycles. The molecule has 1 N–H and O–H groups in total. The number of benzene rings is 2. The third-order valence-corrected chi connectivity index (χ3v) is 3.69. The predicted molar refractivity (Wildman–Crippen MR) is 82.7 cm³/mol. The number of carbonyl (C=O) groups excluding carboxylic acids is 1. The van der Waals surface area contributed by atoms with E-state index in [-0.39, 0.29) is 5.91 Å². The van der Waals surface area contributed by atoms with Crippen LogP contribution in [0.25, 0.3) is 0 Å². The molecule has 0 atom stereocenters. The normalized spacial score (nSPS) is 10.3. The first-order chi connectivity index (χ1) is 8.97. The number of aryl methyl sites for hydroxylation is 3. The molecule has 0 saturated carbocycles. The summed E-state index contributed by atoms with van der Waals surface area (Å²) in [6.07, 6.45) is 0. The minimum atomic E-state index is -0.0949. The van der Waals surface area contributed by atoms with E-state index in [4.69, 9.17) is 0 Å². The van der Waals surface area contributed by atoms with Crippen molar-refractivity contribution in [2.24, 2.45) is 0 Å². The van der Waals surface area contributed by atoms with Gasteiger partial charge in [-0.15, -0.1) is 0 Å². The zero-order chi connectivity index (χ0) is 14.0. The van der Waals surface area contributed by atoms with Gasteiger partial charge < -0.3 is 5.32 Å². The van der Waals surface area contributed by atoms with Crippen LogP contribution >= 0.6 is 15.9 Å². The Bertz CT molecular complexity index is 635. The van der Waals surface area contributed by atoms with Crippen LogP contribution in [0.2, 0.25) is 0 Å². The highest BCUT2D eigenvalue weighted by atomic mass is 79.9. The molecule has 0 aliphatic rings. The second-order valence-corrected chi connectivity index (χ2v) is 5.61. The number of amides is 1. The summed E-state index contributed by atoms with van der Waals surface area (Å²) in [4.78, 5) is 12.3. The number of carbonyl (C=O) groups is 1. The molecule has 0 aliphatic carbocycles. The Labute approximate surface area is 122 Å². The van der Waals surface area contributed by atoms with Gasteiger partial charge in [0.25, 0.3) is 5.91 Å². The molecule has 0 heterocycles. The average Bonchev–Trinajstić information content (AvgIpc) is 2.35. The molecule has 0 radical (unpaired) electrons. The van der Waals surface area contributed by atoms with Gasteiger partial charge >= 0.3 is 0 Å². The van der Waals surface area contributed by atoms with E-state index < -0.39 is 0 Å². The summed E-state index contributed by atoms with van der Waals surface area (Å²) < 4.78 is 0.806. The van der Waals surface area contributed by atoms with Crippen molar-refractivity contribution in [3.05, 3.63) is 63.1 Å². The zero-order valence-electron chi connectivity index (χ0n) is 11.3. The summed E-state index contributed by atoms with van der Waals surface area (Å²) in [5.74, 6) is -0.0949. The number of nitrogens with one attached hydrogen (secondary N) is 1. The molecule has 2 rings (SSSR count). The largest absolute Gasteiger partial charge is 0.322 e. The van der Waals surface area contributed by atoms with Gasteiger partial charge in [0.05, 0.1) is 5.56 Å². The van der Waals surface area contributed by atoms with E-state index in [1.165, 1.54) is 5.56 Å². The molecule has 2 aromatic carbocycles. The fourth-order valence-corrected chi connectivity index (χ4v) is 2.38. The highest BCUT2D eigenvalue weighted by Crippen LogP contribution is 2.21. The summed E-state index contributed by atoms with van der Waals surface area (Å²) in [6, 6.07) is 11.7. The molecule has 3 heteroatoms. The van der Waals surface area contributed by atoms with Gasteiger partial charge in [-0.05, 0) is 60.5 Å². The Morgan fingerprint density at radius 1 is 1.00 bits per heavy atom. The molecular weight excluding hydrogens is 302 g/mol. The second kappa shape index (κ2) is 5.57. The van der Waals surface area contributed by atoms with Crippen molar-refractivity contribution < 1.29 is 4.79 Å². The van der Waals surface area contributed by atoms with Crippen molar-refractivity contribution in [2.45, 2.75) is 20.8 Å². The molecule has 0 fully saturated rings. The van der Waals surface area contributed by atoms with Crippen molar-refractivity contribution in [1.29, 1.82) is 0 Å². The molecule has 2 aromatic rings. The fraction of sp³-hybridized carbons (Fsp3) is 0.188. The van der Waals surface area contributed by atoms with Gasteiger partial charge in [-0.25, -0.2) is 0 Å². The minimum absolute atomic E-state index is 0.0949. The topological polar surface area (TPSA) is 29.1 Å². The maximum atomic E-state index is 12.3. The lowest BCUT2D eigenvalue weighted by Crippen LogP contribution is -2.13. The van der Waals surface area contributed by atoms with Crippen LogP contribution in [0.3, 0.4) is 0 Å². The van der Waals surface area contributed by atoms with Gasteiger partial charge in [-0.3, -0.25) is 4.79 Å². The maximum Gasteiger partial charge on any atom is 0.256 e. The van der Waals surface area contributed by atoms with Crippen LogP contribution in [0.1, 0.15) is 27.0 Å². The van der Waals surface area contributed by atoms with Crippen molar-refractivity contribution in [1.82, 2.24) is 0 Å².